The van der Waals surface area contributed by atoms with Crippen LogP contribution in [0.1, 0.15) is 37.3 Å². The third-order valence-corrected chi connectivity index (χ3v) is 5.92. The Bertz CT molecular complexity index is 1130. The molecule has 3 aromatic rings. The Morgan fingerprint density at radius 1 is 1.10 bits per heavy atom. The molecule has 0 radical (unpaired) electrons. The van der Waals surface area contributed by atoms with E-state index >= 15 is 0 Å². The van der Waals surface area contributed by atoms with Gasteiger partial charge in [-0.05, 0) is 57.7 Å². The van der Waals surface area contributed by atoms with Crippen molar-refractivity contribution >= 4 is 16.7 Å². The number of fused-ring (bicyclic) bond motifs is 1. The molecule has 2 aromatic carbocycles. The van der Waals surface area contributed by atoms with Crippen LogP contribution in [0.5, 0.6) is 0 Å². The van der Waals surface area contributed by atoms with E-state index < -0.39 is 0 Å². The van der Waals surface area contributed by atoms with Crippen LogP contribution in [0.15, 0.2) is 47.3 Å². The van der Waals surface area contributed by atoms with Gasteiger partial charge in [-0.1, -0.05) is 35.9 Å². The van der Waals surface area contributed by atoms with E-state index in [0.29, 0.717) is 5.39 Å². The minimum Gasteiger partial charge on any atom is -0.338 e. The molecular formula is C24H27N3O2. The van der Waals surface area contributed by atoms with Gasteiger partial charge in [0.2, 0.25) is 5.91 Å². The summed E-state index contributed by atoms with van der Waals surface area (Å²) in [4.78, 5) is 27.9. The summed E-state index contributed by atoms with van der Waals surface area (Å²) in [5.74, 6) is -0.0333. The minimum atomic E-state index is -0.215. The van der Waals surface area contributed by atoms with E-state index in [0.717, 1.165) is 53.6 Å². The molecule has 0 saturated carbocycles. The molecule has 1 aromatic heterocycles. The number of carbonyl (C=O) groups excluding carboxylic acids is 1. The number of aromatic nitrogens is 2. The fourth-order valence-electron chi connectivity index (χ4n) is 4.22. The summed E-state index contributed by atoms with van der Waals surface area (Å²) in [6.45, 7) is 6.90. The maximum Gasteiger partial charge on any atom is 0.275 e. The molecule has 29 heavy (non-hydrogen) atoms. The maximum absolute atomic E-state index is 13.1. The highest BCUT2D eigenvalue weighted by atomic mass is 16.2. The maximum atomic E-state index is 13.1. The van der Waals surface area contributed by atoms with Crippen LogP contribution in [0.4, 0.5) is 0 Å². The Balaban J connectivity index is 1.83. The fraction of sp³-hybridized carbons (Fsp3) is 0.375. The lowest BCUT2D eigenvalue weighted by Crippen LogP contribution is -2.45. The van der Waals surface area contributed by atoms with Crippen molar-refractivity contribution in [3.63, 3.8) is 0 Å². The van der Waals surface area contributed by atoms with Crippen molar-refractivity contribution < 1.29 is 4.79 Å². The van der Waals surface area contributed by atoms with Crippen molar-refractivity contribution in [3.8, 4) is 11.3 Å². The molecule has 1 amide bonds. The molecule has 1 aliphatic rings. The summed E-state index contributed by atoms with van der Waals surface area (Å²) in [7, 11) is 0. The van der Waals surface area contributed by atoms with E-state index in [-0.39, 0.29) is 24.1 Å². The number of rotatable bonds is 3. The standard InChI is InChI=1S/C24H27N3O2/c1-16-11-12-17(2)21(14-16)23-19-9-4-5-10-20(19)24(29)27(25-23)15-22(28)26-13-7-6-8-18(26)3/h4-5,9-12,14,18H,6-8,13,15H2,1-3H3/t18-/m0/s1. The Morgan fingerprint density at radius 2 is 1.86 bits per heavy atom. The molecule has 2 heterocycles. The van der Waals surface area contributed by atoms with Gasteiger partial charge in [0.1, 0.15) is 6.54 Å². The van der Waals surface area contributed by atoms with E-state index in [1.807, 2.05) is 43.0 Å². The number of benzene rings is 2. The molecule has 5 heteroatoms. The molecule has 1 saturated heterocycles. The summed E-state index contributed by atoms with van der Waals surface area (Å²) in [6.07, 6.45) is 3.18. The van der Waals surface area contributed by atoms with Crippen molar-refractivity contribution in [1.82, 2.24) is 14.7 Å². The third-order valence-electron chi connectivity index (χ3n) is 5.92. The van der Waals surface area contributed by atoms with Gasteiger partial charge in [-0.25, -0.2) is 4.68 Å². The highest BCUT2D eigenvalue weighted by Crippen LogP contribution is 2.28. The van der Waals surface area contributed by atoms with Crippen molar-refractivity contribution in [2.45, 2.75) is 52.6 Å². The summed E-state index contributed by atoms with van der Waals surface area (Å²) in [6, 6.07) is 14.0. The van der Waals surface area contributed by atoms with Gasteiger partial charge in [0.05, 0.1) is 11.1 Å². The number of nitrogens with zero attached hydrogens (tertiary/aromatic N) is 3. The largest absolute Gasteiger partial charge is 0.338 e. The van der Waals surface area contributed by atoms with E-state index in [9.17, 15) is 9.59 Å². The lowest BCUT2D eigenvalue weighted by atomic mass is 9.99. The molecule has 0 bridgehead atoms. The van der Waals surface area contributed by atoms with Crippen LogP contribution in [0.2, 0.25) is 0 Å². The Labute approximate surface area is 171 Å². The average molecular weight is 389 g/mol. The zero-order valence-corrected chi connectivity index (χ0v) is 17.3. The quantitative estimate of drug-likeness (QED) is 0.678. The Hall–Kier alpha value is -2.95. The lowest BCUT2D eigenvalue weighted by molar-refractivity contribution is -0.135. The number of hydrogen-bond donors (Lipinski definition) is 0. The zero-order chi connectivity index (χ0) is 20.5. The van der Waals surface area contributed by atoms with Crippen LogP contribution in [0.25, 0.3) is 22.0 Å². The molecule has 1 aliphatic heterocycles. The van der Waals surface area contributed by atoms with Gasteiger partial charge in [-0.3, -0.25) is 9.59 Å². The molecule has 1 atom stereocenters. The first-order valence-corrected chi connectivity index (χ1v) is 10.3. The third kappa shape index (κ3) is 3.69. The van der Waals surface area contributed by atoms with Crippen LogP contribution in [0, 0.1) is 13.8 Å². The molecule has 0 spiro atoms. The first kappa shape index (κ1) is 19.4. The predicted octanol–water partition coefficient (Wildman–Crippen LogP) is 4.08. The number of amides is 1. The average Bonchev–Trinajstić information content (AvgIpc) is 2.72. The van der Waals surface area contributed by atoms with E-state index in [1.165, 1.54) is 4.68 Å². The number of piperidine rings is 1. The monoisotopic (exact) mass is 389 g/mol. The summed E-state index contributed by atoms with van der Waals surface area (Å²) >= 11 is 0. The second-order valence-corrected chi connectivity index (χ2v) is 8.11. The van der Waals surface area contributed by atoms with Crippen LogP contribution < -0.4 is 5.56 Å². The predicted molar refractivity (Wildman–Crippen MR) is 116 cm³/mol. The molecule has 5 nitrogen and oxygen atoms in total. The summed E-state index contributed by atoms with van der Waals surface area (Å²) in [5.41, 5.74) is 3.75. The van der Waals surface area contributed by atoms with Gasteiger partial charge in [0.15, 0.2) is 0 Å². The van der Waals surface area contributed by atoms with E-state index in [1.54, 1.807) is 0 Å². The second kappa shape index (κ2) is 7.82. The highest BCUT2D eigenvalue weighted by Gasteiger charge is 2.24. The Morgan fingerprint density at radius 3 is 2.62 bits per heavy atom. The van der Waals surface area contributed by atoms with Crippen molar-refractivity contribution in [2.75, 3.05) is 6.54 Å². The first-order valence-electron chi connectivity index (χ1n) is 10.3. The van der Waals surface area contributed by atoms with Crippen LogP contribution in [-0.2, 0) is 11.3 Å². The van der Waals surface area contributed by atoms with E-state index in [2.05, 4.69) is 30.2 Å². The molecule has 0 aliphatic carbocycles. The lowest BCUT2D eigenvalue weighted by Gasteiger charge is -2.33. The number of carbonyl (C=O) groups is 1. The smallest absolute Gasteiger partial charge is 0.275 e. The van der Waals surface area contributed by atoms with Crippen molar-refractivity contribution in [3.05, 3.63) is 63.9 Å². The van der Waals surface area contributed by atoms with Gasteiger partial charge >= 0.3 is 0 Å². The van der Waals surface area contributed by atoms with Gasteiger partial charge in [-0.2, -0.15) is 5.10 Å². The molecule has 0 N–H and O–H groups in total. The van der Waals surface area contributed by atoms with Crippen LogP contribution >= 0.6 is 0 Å². The van der Waals surface area contributed by atoms with Gasteiger partial charge in [0.25, 0.3) is 5.56 Å². The fourth-order valence-corrected chi connectivity index (χ4v) is 4.22. The van der Waals surface area contributed by atoms with Gasteiger partial charge in [-0.15, -0.1) is 0 Å². The topological polar surface area (TPSA) is 55.2 Å². The molecule has 0 unspecified atom stereocenters. The molecular weight excluding hydrogens is 362 g/mol. The molecule has 1 fully saturated rings. The van der Waals surface area contributed by atoms with Crippen molar-refractivity contribution in [2.24, 2.45) is 0 Å². The van der Waals surface area contributed by atoms with Gasteiger partial charge in [0, 0.05) is 23.5 Å². The zero-order valence-electron chi connectivity index (χ0n) is 17.3. The Kier molecular flexibility index (Phi) is 5.22. The SMILES string of the molecule is Cc1ccc(C)c(-c2nn(CC(=O)N3CCCC[C@@H]3C)c(=O)c3ccccc23)c1. The number of likely N-dealkylation sites (tertiary alicyclic amines) is 1. The molecule has 4 rings (SSSR count). The van der Waals surface area contributed by atoms with Crippen molar-refractivity contribution in [1.29, 1.82) is 0 Å². The van der Waals surface area contributed by atoms with E-state index in [4.69, 9.17) is 0 Å². The summed E-state index contributed by atoms with van der Waals surface area (Å²) in [5, 5.41) is 6.11. The van der Waals surface area contributed by atoms with Crippen LogP contribution in [-0.4, -0.2) is 33.2 Å². The normalized spacial score (nSPS) is 16.9. The minimum absolute atomic E-state index is 0.0220. The highest BCUT2D eigenvalue weighted by molar-refractivity contribution is 5.94. The number of aryl methyl sites for hydroxylation is 2. The number of hydrogen-bond acceptors (Lipinski definition) is 3. The second-order valence-electron chi connectivity index (χ2n) is 8.11. The molecule has 150 valence electrons. The first-order chi connectivity index (χ1) is 14.0. The summed E-state index contributed by atoms with van der Waals surface area (Å²) < 4.78 is 1.35. The van der Waals surface area contributed by atoms with Gasteiger partial charge < -0.3 is 4.90 Å². The van der Waals surface area contributed by atoms with Crippen LogP contribution in [0.3, 0.4) is 0 Å².